The molecule has 1 aromatic carbocycles. The number of fused-ring (bicyclic) bond motifs is 1. The second kappa shape index (κ2) is 5.83. The average molecular weight is 283 g/mol. The average Bonchev–Trinajstić information content (AvgIpc) is 2.82. The molecule has 0 spiro atoms. The van der Waals surface area contributed by atoms with Crippen LogP contribution in [0.15, 0.2) is 51.8 Å². The number of aromatic nitrogens is 2. The van der Waals surface area contributed by atoms with E-state index in [0.717, 1.165) is 29.9 Å². The largest absolute Gasteiger partial charge is 0.420 e. The topological polar surface area (TPSA) is 60.1 Å². The molecule has 2 heterocycles. The minimum absolute atomic E-state index is 0.346. The molecule has 1 N–H and O–H groups in total. The Morgan fingerprint density at radius 1 is 1.24 bits per heavy atom. The number of hydrogen-bond donors (Lipinski definition) is 1. The molecule has 0 saturated carbocycles. The maximum Gasteiger partial charge on any atom is 0.420 e. The van der Waals surface area contributed by atoms with Gasteiger partial charge in [-0.2, -0.15) is 0 Å². The van der Waals surface area contributed by atoms with Gasteiger partial charge in [0.25, 0.3) is 0 Å². The van der Waals surface area contributed by atoms with E-state index >= 15 is 0 Å². The van der Waals surface area contributed by atoms with Crippen LogP contribution < -0.4 is 11.1 Å². The molecule has 0 amide bonds. The number of anilines is 1. The molecule has 0 atom stereocenters. The van der Waals surface area contributed by atoms with Crippen molar-refractivity contribution in [2.24, 2.45) is 0 Å². The van der Waals surface area contributed by atoms with Gasteiger partial charge in [0.15, 0.2) is 5.58 Å². The third-order valence-corrected chi connectivity index (χ3v) is 3.34. The third kappa shape index (κ3) is 2.67. The molecule has 5 nitrogen and oxygen atoms in total. The first-order valence-corrected chi connectivity index (χ1v) is 7.05. The van der Waals surface area contributed by atoms with Gasteiger partial charge < -0.3 is 9.73 Å². The lowest BCUT2D eigenvalue weighted by Crippen LogP contribution is -2.16. The number of rotatable bonds is 5. The van der Waals surface area contributed by atoms with E-state index < -0.39 is 0 Å². The van der Waals surface area contributed by atoms with Crippen LogP contribution in [0.4, 0.5) is 5.82 Å². The predicted molar refractivity (Wildman–Crippen MR) is 82.6 cm³/mol. The Hall–Kier alpha value is -2.56. The zero-order chi connectivity index (χ0) is 14.7. The van der Waals surface area contributed by atoms with Crippen LogP contribution in [-0.4, -0.2) is 16.1 Å². The standard InChI is InChI=1S/C16H17N3O2/c1-2-9-17-15-12(6-5-10-18-15)11-19-13-7-3-4-8-14(13)21-16(19)20/h3-8,10H,2,9,11H2,1H3,(H,17,18). The van der Waals surface area contributed by atoms with Crippen LogP contribution in [0.2, 0.25) is 0 Å². The van der Waals surface area contributed by atoms with E-state index in [1.807, 2.05) is 30.3 Å². The molecule has 21 heavy (non-hydrogen) atoms. The zero-order valence-electron chi connectivity index (χ0n) is 11.9. The van der Waals surface area contributed by atoms with Crippen molar-refractivity contribution in [3.8, 4) is 0 Å². The normalized spacial score (nSPS) is 10.9. The van der Waals surface area contributed by atoms with Gasteiger partial charge in [0, 0.05) is 18.3 Å². The molecule has 0 aliphatic carbocycles. The third-order valence-electron chi connectivity index (χ3n) is 3.34. The molecule has 0 radical (unpaired) electrons. The van der Waals surface area contributed by atoms with Gasteiger partial charge in [0.2, 0.25) is 0 Å². The van der Waals surface area contributed by atoms with Crippen molar-refractivity contribution in [2.45, 2.75) is 19.9 Å². The molecule has 0 aliphatic heterocycles. The van der Waals surface area contributed by atoms with E-state index in [2.05, 4.69) is 17.2 Å². The summed E-state index contributed by atoms with van der Waals surface area (Å²) in [6.07, 6.45) is 2.77. The molecule has 3 aromatic rings. The van der Waals surface area contributed by atoms with Gasteiger partial charge in [-0.1, -0.05) is 25.1 Å². The van der Waals surface area contributed by atoms with Crippen molar-refractivity contribution in [1.29, 1.82) is 0 Å². The van der Waals surface area contributed by atoms with Crippen molar-refractivity contribution < 1.29 is 4.42 Å². The Morgan fingerprint density at radius 2 is 2.10 bits per heavy atom. The Morgan fingerprint density at radius 3 is 2.95 bits per heavy atom. The van der Waals surface area contributed by atoms with Gasteiger partial charge in [-0.15, -0.1) is 0 Å². The highest BCUT2D eigenvalue weighted by Gasteiger charge is 2.11. The summed E-state index contributed by atoms with van der Waals surface area (Å²) in [7, 11) is 0. The quantitative estimate of drug-likeness (QED) is 0.782. The monoisotopic (exact) mass is 283 g/mol. The minimum Gasteiger partial charge on any atom is -0.408 e. The lowest BCUT2D eigenvalue weighted by atomic mass is 10.2. The fraction of sp³-hybridized carbons (Fsp3) is 0.250. The van der Waals surface area contributed by atoms with E-state index in [4.69, 9.17) is 4.42 Å². The number of benzene rings is 1. The first kappa shape index (κ1) is 13.4. The summed E-state index contributed by atoms with van der Waals surface area (Å²) >= 11 is 0. The predicted octanol–water partition coefficient (Wildman–Crippen LogP) is 2.86. The Labute approximate surface area is 122 Å². The Kier molecular flexibility index (Phi) is 3.73. The molecule has 5 heteroatoms. The molecule has 0 fully saturated rings. The second-order valence-corrected chi connectivity index (χ2v) is 4.86. The molecule has 0 aliphatic rings. The summed E-state index contributed by atoms with van der Waals surface area (Å²) < 4.78 is 6.89. The van der Waals surface area contributed by atoms with Crippen LogP contribution in [0.1, 0.15) is 18.9 Å². The van der Waals surface area contributed by atoms with Gasteiger partial charge in [-0.25, -0.2) is 9.78 Å². The Bertz CT molecular complexity index is 804. The summed E-state index contributed by atoms with van der Waals surface area (Å²) in [5.41, 5.74) is 2.38. The van der Waals surface area contributed by atoms with Crippen LogP contribution in [0.5, 0.6) is 0 Å². The maximum absolute atomic E-state index is 12.0. The number of oxazole rings is 1. The number of hydrogen-bond acceptors (Lipinski definition) is 4. The first-order chi connectivity index (χ1) is 10.3. The zero-order valence-corrected chi connectivity index (χ0v) is 11.9. The summed E-state index contributed by atoms with van der Waals surface area (Å²) in [5, 5.41) is 3.29. The smallest absolute Gasteiger partial charge is 0.408 e. The minimum atomic E-state index is -0.346. The summed E-state index contributed by atoms with van der Waals surface area (Å²) in [6, 6.07) is 11.3. The van der Waals surface area contributed by atoms with Gasteiger partial charge in [-0.05, 0) is 24.6 Å². The highest BCUT2D eigenvalue weighted by atomic mass is 16.4. The molecule has 0 saturated heterocycles. The van der Waals surface area contributed by atoms with Crippen LogP contribution in [0.25, 0.3) is 11.1 Å². The van der Waals surface area contributed by atoms with Crippen LogP contribution in [0.3, 0.4) is 0 Å². The molecule has 2 aromatic heterocycles. The van der Waals surface area contributed by atoms with Crippen molar-refractivity contribution >= 4 is 16.9 Å². The van der Waals surface area contributed by atoms with Crippen molar-refractivity contribution in [3.05, 3.63) is 58.7 Å². The first-order valence-electron chi connectivity index (χ1n) is 7.05. The summed E-state index contributed by atoms with van der Waals surface area (Å²) in [5.74, 6) is 0.470. The lowest BCUT2D eigenvalue weighted by Gasteiger charge is -2.10. The summed E-state index contributed by atoms with van der Waals surface area (Å²) in [4.78, 5) is 16.4. The van der Waals surface area contributed by atoms with Gasteiger partial charge in [0.05, 0.1) is 12.1 Å². The van der Waals surface area contributed by atoms with E-state index in [0.29, 0.717) is 12.1 Å². The molecule has 0 unspecified atom stereocenters. The number of para-hydroxylation sites is 2. The number of nitrogens with one attached hydrogen (secondary N) is 1. The van der Waals surface area contributed by atoms with E-state index in [-0.39, 0.29) is 5.76 Å². The molecule has 3 rings (SSSR count). The van der Waals surface area contributed by atoms with Gasteiger partial charge >= 0.3 is 5.76 Å². The van der Waals surface area contributed by atoms with Crippen LogP contribution in [0, 0.1) is 0 Å². The molecule has 108 valence electrons. The van der Waals surface area contributed by atoms with Crippen molar-refractivity contribution in [2.75, 3.05) is 11.9 Å². The van der Waals surface area contributed by atoms with E-state index in [1.54, 1.807) is 16.8 Å². The lowest BCUT2D eigenvalue weighted by molar-refractivity contribution is 0.517. The van der Waals surface area contributed by atoms with Crippen LogP contribution >= 0.6 is 0 Å². The van der Waals surface area contributed by atoms with Gasteiger partial charge in [-0.3, -0.25) is 4.57 Å². The fourth-order valence-corrected chi connectivity index (χ4v) is 2.30. The second-order valence-electron chi connectivity index (χ2n) is 4.86. The highest BCUT2D eigenvalue weighted by Crippen LogP contribution is 2.17. The van der Waals surface area contributed by atoms with Crippen molar-refractivity contribution in [3.63, 3.8) is 0 Å². The van der Waals surface area contributed by atoms with E-state index in [9.17, 15) is 4.79 Å². The molecule has 0 bridgehead atoms. The van der Waals surface area contributed by atoms with Crippen molar-refractivity contribution in [1.82, 2.24) is 9.55 Å². The van der Waals surface area contributed by atoms with Crippen LogP contribution in [-0.2, 0) is 6.54 Å². The Balaban J connectivity index is 1.99. The SMILES string of the molecule is CCCNc1ncccc1Cn1c(=O)oc2ccccc21. The molecular weight excluding hydrogens is 266 g/mol. The van der Waals surface area contributed by atoms with Gasteiger partial charge in [0.1, 0.15) is 5.82 Å². The number of nitrogens with zero attached hydrogens (tertiary/aromatic N) is 2. The number of pyridine rings is 1. The maximum atomic E-state index is 12.0. The van der Waals surface area contributed by atoms with E-state index in [1.165, 1.54) is 0 Å². The highest BCUT2D eigenvalue weighted by molar-refractivity contribution is 5.72. The fourth-order valence-electron chi connectivity index (χ4n) is 2.30. The summed E-state index contributed by atoms with van der Waals surface area (Å²) in [6.45, 7) is 3.39. The molecular formula is C16H17N3O2.